The number of thioether (sulfide) groups is 1. The van der Waals surface area contributed by atoms with Crippen molar-refractivity contribution in [2.45, 2.75) is 18.6 Å². The maximum absolute atomic E-state index is 12.7. The third kappa shape index (κ3) is 4.81. The van der Waals surface area contributed by atoms with Gasteiger partial charge in [0, 0.05) is 23.4 Å². The third-order valence-corrected chi connectivity index (χ3v) is 6.06. The van der Waals surface area contributed by atoms with Gasteiger partial charge in [0.1, 0.15) is 0 Å². The van der Waals surface area contributed by atoms with Gasteiger partial charge in [0.25, 0.3) is 0 Å². The van der Waals surface area contributed by atoms with Crippen LogP contribution in [0.5, 0.6) is 0 Å². The maximum atomic E-state index is 12.7. The quantitative estimate of drug-likeness (QED) is 0.351. The van der Waals surface area contributed by atoms with Gasteiger partial charge in [0.2, 0.25) is 5.91 Å². The fourth-order valence-corrected chi connectivity index (χ4v) is 4.32. The minimum Gasteiger partial charge on any atom is -0.325 e. The zero-order chi connectivity index (χ0) is 21.6. The van der Waals surface area contributed by atoms with E-state index in [1.54, 1.807) is 0 Å². The van der Waals surface area contributed by atoms with E-state index in [9.17, 15) is 4.79 Å². The lowest BCUT2D eigenvalue weighted by atomic mass is 10.0. The monoisotopic (exact) mass is 448 g/mol. The normalized spacial score (nSPS) is 10.8. The summed E-state index contributed by atoms with van der Waals surface area (Å²) in [4.78, 5) is 12.7. The summed E-state index contributed by atoms with van der Waals surface area (Å²) in [6.45, 7) is 2.69. The second-order valence-electron chi connectivity index (χ2n) is 6.78. The van der Waals surface area contributed by atoms with Gasteiger partial charge in [0.15, 0.2) is 11.0 Å². The lowest BCUT2D eigenvalue weighted by Crippen LogP contribution is -2.15. The molecule has 4 rings (SSSR count). The number of nitrogens with zero attached hydrogens (tertiary/aromatic N) is 3. The largest absolute Gasteiger partial charge is 0.325 e. The fourth-order valence-electron chi connectivity index (χ4n) is 3.30. The van der Waals surface area contributed by atoms with Crippen LogP contribution in [0.3, 0.4) is 0 Å². The molecule has 0 aliphatic carbocycles. The first-order chi connectivity index (χ1) is 15.2. The molecule has 4 aromatic rings. The highest BCUT2D eigenvalue weighted by atomic mass is 35.5. The van der Waals surface area contributed by atoms with Crippen LogP contribution in [0, 0.1) is 0 Å². The molecule has 156 valence electrons. The molecule has 7 heteroatoms. The van der Waals surface area contributed by atoms with Crippen molar-refractivity contribution in [1.29, 1.82) is 0 Å². The molecule has 0 aliphatic rings. The van der Waals surface area contributed by atoms with Gasteiger partial charge in [0.05, 0.1) is 10.8 Å². The number of benzene rings is 3. The SMILES string of the molecule is CCn1c(SCC(=O)Nc2ccccc2-c2ccccc2)nnc1-c1ccccc1Cl. The molecule has 1 amide bonds. The van der Waals surface area contributed by atoms with Crippen molar-refractivity contribution in [3.63, 3.8) is 0 Å². The molecule has 0 unspecified atom stereocenters. The number of amides is 1. The van der Waals surface area contributed by atoms with E-state index < -0.39 is 0 Å². The molecule has 0 fully saturated rings. The number of rotatable bonds is 7. The Balaban J connectivity index is 1.48. The van der Waals surface area contributed by atoms with E-state index in [0.717, 1.165) is 22.4 Å². The summed E-state index contributed by atoms with van der Waals surface area (Å²) < 4.78 is 1.97. The van der Waals surface area contributed by atoms with Crippen LogP contribution in [0.15, 0.2) is 84.0 Å². The van der Waals surface area contributed by atoms with Crippen molar-refractivity contribution < 1.29 is 4.79 Å². The van der Waals surface area contributed by atoms with Crippen LogP contribution in [0.1, 0.15) is 6.92 Å². The highest BCUT2D eigenvalue weighted by Crippen LogP contribution is 2.30. The minimum absolute atomic E-state index is 0.0988. The first-order valence-corrected chi connectivity index (χ1v) is 11.3. The van der Waals surface area contributed by atoms with Gasteiger partial charge in [-0.3, -0.25) is 4.79 Å². The number of nitrogens with one attached hydrogen (secondary N) is 1. The summed E-state index contributed by atoms with van der Waals surface area (Å²) in [6, 6.07) is 25.3. The number of para-hydroxylation sites is 1. The van der Waals surface area contributed by atoms with Crippen LogP contribution in [0.4, 0.5) is 5.69 Å². The zero-order valence-electron chi connectivity index (χ0n) is 17.0. The van der Waals surface area contributed by atoms with E-state index in [1.165, 1.54) is 11.8 Å². The van der Waals surface area contributed by atoms with Crippen molar-refractivity contribution in [3.8, 4) is 22.5 Å². The Bertz CT molecular complexity index is 1190. The van der Waals surface area contributed by atoms with Crippen molar-refractivity contribution >= 4 is 35.0 Å². The second kappa shape index (κ2) is 9.81. The Morgan fingerprint density at radius 2 is 1.61 bits per heavy atom. The second-order valence-corrected chi connectivity index (χ2v) is 8.13. The van der Waals surface area contributed by atoms with E-state index >= 15 is 0 Å². The van der Waals surface area contributed by atoms with Crippen molar-refractivity contribution in [2.24, 2.45) is 0 Å². The maximum Gasteiger partial charge on any atom is 0.234 e. The number of hydrogen-bond donors (Lipinski definition) is 1. The van der Waals surface area contributed by atoms with Crippen LogP contribution in [0.2, 0.25) is 5.02 Å². The summed E-state index contributed by atoms with van der Waals surface area (Å²) in [7, 11) is 0. The number of hydrogen-bond acceptors (Lipinski definition) is 4. The lowest BCUT2D eigenvalue weighted by Gasteiger charge is -2.11. The first-order valence-electron chi connectivity index (χ1n) is 9.92. The predicted octanol–water partition coefficient (Wildman–Crippen LogP) is 6.02. The number of halogens is 1. The van der Waals surface area contributed by atoms with E-state index in [2.05, 4.69) is 15.5 Å². The van der Waals surface area contributed by atoms with Crippen LogP contribution in [0.25, 0.3) is 22.5 Å². The van der Waals surface area contributed by atoms with Crippen molar-refractivity contribution in [2.75, 3.05) is 11.1 Å². The molecule has 5 nitrogen and oxygen atoms in total. The van der Waals surface area contributed by atoms with E-state index in [1.807, 2.05) is 90.4 Å². The van der Waals surface area contributed by atoms with Gasteiger partial charge in [-0.25, -0.2) is 0 Å². The summed E-state index contributed by atoms with van der Waals surface area (Å²) >= 11 is 7.68. The van der Waals surface area contributed by atoms with Gasteiger partial charge >= 0.3 is 0 Å². The first kappa shape index (κ1) is 21.2. The van der Waals surface area contributed by atoms with Crippen LogP contribution >= 0.6 is 23.4 Å². The van der Waals surface area contributed by atoms with Gasteiger partial charge in [-0.15, -0.1) is 10.2 Å². The van der Waals surface area contributed by atoms with Gasteiger partial charge < -0.3 is 9.88 Å². The highest BCUT2D eigenvalue weighted by Gasteiger charge is 2.17. The van der Waals surface area contributed by atoms with Crippen molar-refractivity contribution in [3.05, 3.63) is 83.9 Å². The smallest absolute Gasteiger partial charge is 0.234 e. The molecule has 1 aromatic heterocycles. The number of carbonyl (C=O) groups excluding carboxylic acids is 1. The highest BCUT2D eigenvalue weighted by molar-refractivity contribution is 7.99. The molecule has 0 saturated carbocycles. The number of anilines is 1. The van der Waals surface area contributed by atoms with Crippen molar-refractivity contribution in [1.82, 2.24) is 14.8 Å². The standard InChI is InChI=1S/C24H21ClN4OS/c1-2-29-23(19-13-6-8-14-20(19)25)27-28-24(29)31-16-22(30)26-21-15-9-7-12-18(21)17-10-4-3-5-11-17/h3-15H,2,16H2,1H3,(H,26,30). The summed E-state index contributed by atoms with van der Waals surface area (Å²) in [5.41, 5.74) is 3.65. The predicted molar refractivity (Wildman–Crippen MR) is 127 cm³/mol. The molecule has 0 aliphatic heterocycles. The molecular weight excluding hydrogens is 428 g/mol. The summed E-state index contributed by atoms with van der Waals surface area (Å²) in [6.07, 6.45) is 0. The van der Waals surface area contributed by atoms with Crippen LogP contribution < -0.4 is 5.32 Å². The fraction of sp³-hybridized carbons (Fsp3) is 0.125. The Morgan fingerprint density at radius 1 is 0.935 bits per heavy atom. The average molecular weight is 449 g/mol. The van der Waals surface area contributed by atoms with Gasteiger partial charge in [-0.05, 0) is 30.7 Å². The molecule has 1 heterocycles. The molecule has 0 saturated heterocycles. The number of carbonyl (C=O) groups is 1. The Hall–Kier alpha value is -3.09. The molecule has 0 bridgehead atoms. The van der Waals surface area contributed by atoms with E-state index in [0.29, 0.717) is 22.5 Å². The average Bonchev–Trinajstić information content (AvgIpc) is 3.21. The molecule has 1 N–H and O–H groups in total. The topological polar surface area (TPSA) is 59.8 Å². The van der Waals surface area contributed by atoms with Gasteiger partial charge in [-0.1, -0.05) is 84.0 Å². The molecule has 31 heavy (non-hydrogen) atoms. The van der Waals surface area contributed by atoms with E-state index in [4.69, 9.17) is 11.6 Å². The minimum atomic E-state index is -0.0988. The van der Waals surface area contributed by atoms with E-state index in [-0.39, 0.29) is 11.7 Å². The molecule has 3 aromatic carbocycles. The molecule has 0 spiro atoms. The number of aromatic nitrogens is 3. The van der Waals surface area contributed by atoms with Gasteiger partial charge in [-0.2, -0.15) is 0 Å². The molecule has 0 radical (unpaired) electrons. The molecular formula is C24H21ClN4OS. The third-order valence-electron chi connectivity index (χ3n) is 4.77. The summed E-state index contributed by atoms with van der Waals surface area (Å²) in [5.74, 6) is 0.827. The molecule has 0 atom stereocenters. The lowest BCUT2D eigenvalue weighted by molar-refractivity contribution is -0.113. The van der Waals surface area contributed by atoms with Crippen LogP contribution in [-0.4, -0.2) is 26.4 Å². The van der Waals surface area contributed by atoms with Crippen LogP contribution in [-0.2, 0) is 11.3 Å². The zero-order valence-corrected chi connectivity index (χ0v) is 18.5. The Kier molecular flexibility index (Phi) is 6.70. The Morgan fingerprint density at radius 3 is 2.35 bits per heavy atom. The Labute approximate surface area is 190 Å². The summed E-state index contributed by atoms with van der Waals surface area (Å²) in [5, 5.41) is 12.9.